The van der Waals surface area contributed by atoms with Gasteiger partial charge in [-0.1, -0.05) is 122 Å². The van der Waals surface area contributed by atoms with Crippen LogP contribution in [0.1, 0.15) is 90.1 Å². The summed E-state index contributed by atoms with van der Waals surface area (Å²) < 4.78 is 0. The molecule has 2 nitrogen and oxygen atoms in total. The highest BCUT2D eigenvalue weighted by Crippen LogP contribution is 2.46. The highest BCUT2D eigenvalue weighted by Gasteiger charge is 2.44. The molecule has 0 fully saturated rings. The molecule has 0 saturated carbocycles. The molecule has 0 aliphatic carbocycles. The molecule has 250 valence electrons. The third-order valence-corrected chi connectivity index (χ3v) is 12.4. The number of benzene rings is 5. The van der Waals surface area contributed by atoms with Gasteiger partial charge >= 0.3 is 0 Å². The van der Waals surface area contributed by atoms with Crippen molar-refractivity contribution in [1.82, 2.24) is 0 Å². The number of fused-ring (bicyclic) bond motifs is 4. The normalized spacial score (nSPS) is 14.3. The summed E-state index contributed by atoms with van der Waals surface area (Å²) in [6.07, 6.45) is 0. The fourth-order valence-electron chi connectivity index (χ4n) is 8.17. The van der Waals surface area contributed by atoms with E-state index in [1.165, 1.54) is 78.3 Å². The molecule has 4 heteroatoms. The van der Waals surface area contributed by atoms with Crippen LogP contribution in [0.4, 0.5) is 34.1 Å². The first-order chi connectivity index (χ1) is 22.9. The van der Waals surface area contributed by atoms with E-state index in [9.17, 15) is 0 Å². The molecule has 2 heterocycles. The van der Waals surface area contributed by atoms with Crippen LogP contribution in [0.15, 0.2) is 91.0 Å². The van der Waals surface area contributed by atoms with Crippen LogP contribution in [0.2, 0.25) is 5.04 Å². The van der Waals surface area contributed by atoms with Gasteiger partial charge in [0.1, 0.15) is 0 Å². The largest absolute Gasteiger partial charge is 0.311 e. The fourth-order valence-corrected chi connectivity index (χ4v) is 9.95. The third kappa shape index (κ3) is 5.86. The number of nitrogens with zero attached hydrogens (tertiary/aromatic N) is 2. The summed E-state index contributed by atoms with van der Waals surface area (Å²) in [6, 6.07) is 35.7. The minimum Gasteiger partial charge on any atom is -0.311 e. The Morgan fingerprint density at radius 3 is 1.65 bits per heavy atom. The van der Waals surface area contributed by atoms with Gasteiger partial charge in [0.2, 0.25) is 0 Å². The van der Waals surface area contributed by atoms with Gasteiger partial charge in [-0.15, -0.1) is 0 Å². The minimum absolute atomic E-state index is 0.0351. The lowest BCUT2D eigenvalue weighted by Crippen LogP contribution is -2.62. The van der Waals surface area contributed by atoms with Crippen LogP contribution in [0.25, 0.3) is 0 Å². The monoisotopic (exact) mass is 660 g/mol. The van der Waals surface area contributed by atoms with Gasteiger partial charge in [0.25, 0.3) is 6.71 Å². The molecule has 0 N–H and O–H groups in total. The number of aryl methyl sites for hydroxylation is 3. The van der Waals surface area contributed by atoms with Crippen molar-refractivity contribution in [2.24, 2.45) is 0 Å². The van der Waals surface area contributed by atoms with Gasteiger partial charge in [-0.05, 0) is 117 Å². The van der Waals surface area contributed by atoms with E-state index in [0.717, 1.165) is 0 Å². The predicted molar refractivity (Wildman–Crippen MR) is 220 cm³/mol. The van der Waals surface area contributed by atoms with Gasteiger partial charge < -0.3 is 9.80 Å². The van der Waals surface area contributed by atoms with Gasteiger partial charge in [-0.3, -0.25) is 0 Å². The molecule has 5 aromatic carbocycles. The van der Waals surface area contributed by atoms with E-state index in [1.54, 1.807) is 5.19 Å². The van der Waals surface area contributed by atoms with E-state index in [1.807, 2.05) is 0 Å². The summed E-state index contributed by atoms with van der Waals surface area (Å²) in [6.45, 7) is 28.1. The van der Waals surface area contributed by atoms with Crippen LogP contribution in [-0.2, 0) is 10.8 Å². The molecule has 0 radical (unpaired) electrons. The molecule has 5 aromatic rings. The molecule has 0 bridgehead atoms. The zero-order valence-electron chi connectivity index (χ0n) is 31.8. The fraction of sp³-hybridized carbons (Fsp3) is 0.333. The van der Waals surface area contributed by atoms with Crippen molar-refractivity contribution >= 4 is 71.9 Å². The van der Waals surface area contributed by atoms with Crippen molar-refractivity contribution in [2.45, 2.75) is 99.0 Å². The maximum atomic E-state index is 2.60. The summed E-state index contributed by atoms with van der Waals surface area (Å²) in [5, 5.41) is 1.87. The Balaban J connectivity index is 1.59. The van der Waals surface area contributed by atoms with Gasteiger partial charge in [-0.25, -0.2) is 0 Å². The average Bonchev–Trinajstić information content (AvgIpc) is 3.00. The Hall–Kier alpha value is -4.02. The average molecular weight is 661 g/mol. The van der Waals surface area contributed by atoms with Gasteiger partial charge in [0.15, 0.2) is 0 Å². The second-order valence-electron chi connectivity index (χ2n) is 18.0. The van der Waals surface area contributed by atoms with E-state index in [-0.39, 0.29) is 17.5 Å². The summed E-state index contributed by atoms with van der Waals surface area (Å²) in [5.74, 6) is 0. The van der Waals surface area contributed by atoms with Gasteiger partial charge in [0.05, 0.1) is 15.2 Å². The van der Waals surface area contributed by atoms with E-state index >= 15 is 0 Å². The highest BCUT2D eigenvalue weighted by atomic mass is 28.2. The number of hydrogen-bond donors (Lipinski definition) is 0. The molecule has 0 saturated heterocycles. The minimum atomic E-state index is -0.505. The van der Waals surface area contributed by atoms with Crippen molar-refractivity contribution < 1.29 is 0 Å². The molecule has 0 amide bonds. The van der Waals surface area contributed by atoms with Crippen molar-refractivity contribution in [3.8, 4) is 0 Å². The second kappa shape index (κ2) is 11.5. The quantitative estimate of drug-likeness (QED) is 0.174. The summed E-state index contributed by atoms with van der Waals surface area (Å²) >= 11 is 0. The first-order valence-corrected chi connectivity index (χ1v) is 19.5. The lowest BCUT2D eigenvalue weighted by Gasteiger charge is -2.45. The van der Waals surface area contributed by atoms with Crippen molar-refractivity contribution in [3.63, 3.8) is 0 Å². The standard InChI is InChI=1S/C45H53BN2Si/c1-28-24-39-41-40(25-28)48(42-29(2)14-13-15-30(42)3)38-23-21-34(49-45(10,11)12)27-36(38)46(41)35-26-32(44(7,8)9)18-22-37(35)47(39)33-19-16-31(17-20-33)43(4,5)6/h13-27H,49H2,1-12H3. The summed E-state index contributed by atoms with van der Waals surface area (Å²) in [5.41, 5.74) is 18.7. The maximum Gasteiger partial charge on any atom is 0.252 e. The van der Waals surface area contributed by atoms with Crippen LogP contribution < -0.4 is 31.4 Å². The zero-order valence-corrected chi connectivity index (χ0v) is 33.3. The number of rotatable bonds is 3. The van der Waals surface area contributed by atoms with Crippen molar-refractivity contribution in [2.75, 3.05) is 9.80 Å². The van der Waals surface area contributed by atoms with Gasteiger partial charge in [-0.2, -0.15) is 0 Å². The number of anilines is 6. The Bertz CT molecular complexity index is 2070. The molecule has 0 aromatic heterocycles. The summed E-state index contributed by atoms with van der Waals surface area (Å²) in [7, 11) is -0.505. The van der Waals surface area contributed by atoms with Crippen LogP contribution in [0, 0.1) is 20.8 Å². The van der Waals surface area contributed by atoms with E-state index in [4.69, 9.17) is 0 Å². The number of para-hydroxylation sites is 1. The van der Waals surface area contributed by atoms with E-state index in [2.05, 4.69) is 184 Å². The van der Waals surface area contributed by atoms with Crippen LogP contribution in [0.3, 0.4) is 0 Å². The first kappa shape index (κ1) is 33.5. The maximum absolute atomic E-state index is 2.60. The second-order valence-corrected chi connectivity index (χ2v) is 21.3. The molecular formula is C45H53BN2Si. The Morgan fingerprint density at radius 2 is 1.06 bits per heavy atom. The molecule has 0 atom stereocenters. The third-order valence-electron chi connectivity index (χ3n) is 10.5. The van der Waals surface area contributed by atoms with Crippen LogP contribution >= 0.6 is 0 Å². The van der Waals surface area contributed by atoms with E-state index < -0.39 is 9.52 Å². The Morgan fingerprint density at radius 1 is 0.531 bits per heavy atom. The molecule has 0 unspecified atom stereocenters. The van der Waals surface area contributed by atoms with Gasteiger partial charge in [0, 0.05) is 28.4 Å². The van der Waals surface area contributed by atoms with Crippen LogP contribution in [0.5, 0.6) is 0 Å². The van der Waals surface area contributed by atoms with Crippen molar-refractivity contribution in [3.05, 3.63) is 119 Å². The lowest BCUT2D eigenvalue weighted by molar-refractivity contribution is 0.590. The molecule has 0 spiro atoms. The Labute approximate surface area is 298 Å². The smallest absolute Gasteiger partial charge is 0.252 e. The predicted octanol–water partition coefficient (Wildman–Crippen LogP) is 9.30. The van der Waals surface area contributed by atoms with Crippen molar-refractivity contribution in [1.29, 1.82) is 0 Å². The summed E-state index contributed by atoms with van der Waals surface area (Å²) in [4.78, 5) is 5.16. The topological polar surface area (TPSA) is 6.48 Å². The lowest BCUT2D eigenvalue weighted by atomic mass is 9.33. The highest BCUT2D eigenvalue weighted by molar-refractivity contribution is 7.00. The first-order valence-electron chi connectivity index (χ1n) is 18.1. The molecule has 49 heavy (non-hydrogen) atoms. The molecular weight excluding hydrogens is 607 g/mol. The molecule has 2 aliphatic rings. The Kier molecular flexibility index (Phi) is 7.87. The number of hydrogen-bond acceptors (Lipinski definition) is 2. The molecule has 2 aliphatic heterocycles. The zero-order chi connectivity index (χ0) is 35.2. The van der Waals surface area contributed by atoms with E-state index in [0.29, 0.717) is 5.04 Å². The van der Waals surface area contributed by atoms with Crippen LogP contribution in [-0.4, -0.2) is 16.2 Å². The SMILES string of the molecule is Cc1cc2c3c(c1)N(c1c(C)cccc1C)c1ccc([SiH2]C(C)(C)C)cc1B3c1cc(C(C)(C)C)ccc1N2c1ccc(C(C)(C)C)cc1. The molecule has 7 rings (SSSR count).